The summed E-state index contributed by atoms with van der Waals surface area (Å²) in [6, 6.07) is 9.13. The first-order valence-electron chi connectivity index (χ1n) is 7.00. The monoisotopic (exact) mass is 377 g/mol. The molecule has 0 saturated carbocycles. The zero-order valence-corrected chi connectivity index (χ0v) is 14.6. The van der Waals surface area contributed by atoms with Crippen LogP contribution < -0.4 is 19.1 Å². The Kier molecular flexibility index (Phi) is 4.17. The van der Waals surface area contributed by atoms with Gasteiger partial charge in [0.15, 0.2) is 11.5 Å². The number of fused-ring (bicyclic) bond motifs is 1. The van der Waals surface area contributed by atoms with Crippen LogP contribution in [0.2, 0.25) is 0 Å². The number of rotatable bonds is 4. The van der Waals surface area contributed by atoms with Crippen molar-refractivity contribution < 1.29 is 19.0 Å². The summed E-state index contributed by atoms with van der Waals surface area (Å²) < 4.78 is 16.6. The molecule has 1 heterocycles. The molecule has 1 aliphatic rings. The highest BCUT2D eigenvalue weighted by Gasteiger charge is 2.33. The van der Waals surface area contributed by atoms with Crippen molar-refractivity contribution in [1.82, 2.24) is 0 Å². The molecule has 0 atom stereocenters. The van der Waals surface area contributed by atoms with Crippen molar-refractivity contribution in [3.05, 3.63) is 45.9 Å². The number of halogens is 1. The second-order valence-electron chi connectivity index (χ2n) is 5.04. The molecular weight excluding hydrogens is 362 g/mol. The third-order valence-electron chi connectivity index (χ3n) is 3.89. The number of hydrogen-bond donors (Lipinski definition) is 0. The lowest BCUT2D eigenvalue weighted by Gasteiger charge is -2.16. The molecule has 5 nitrogen and oxygen atoms in total. The van der Waals surface area contributed by atoms with E-state index in [2.05, 4.69) is 15.9 Å². The van der Waals surface area contributed by atoms with E-state index in [4.69, 9.17) is 14.2 Å². The van der Waals surface area contributed by atoms with Crippen molar-refractivity contribution in [2.45, 2.75) is 6.54 Å². The minimum Gasteiger partial charge on any atom is -0.497 e. The minimum absolute atomic E-state index is 0.0631. The summed E-state index contributed by atoms with van der Waals surface area (Å²) in [5.41, 5.74) is 2.32. The number of carbonyl (C=O) groups is 1. The quantitative estimate of drug-likeness (QED) is 0.815. The molecular formula is C17H16BrNO4. The van der Waals surface area contributed by atoms with Crippen LogP contribution in [-0.2, 0) is 6.54 Å². The number of carbonyl (C=O) groups excluding carboxylic acids is 1. The van der Waals surface area contributed by atoms with Crippen LogP contribution in [0.25, 0.3) is 0 Å². The van der Waals surface area contributed by atoms with Crippen molar-refractivity contribution >= 4 is 27.5 Å². The summed E-state index contributed by atoms with van der Waals surface area (Å²) >= 11 is 3.53. The van der Waals surface area contributed by atoms with Gasteiger partial charge in [-0.1, -0.05) is 0 Å². The molecule has 0 fully saturated rings. The van der Waals surface area contributed by atoms with Crippen LogP contribution in [0.15, 0.2) is 34.8 Å². The Hall–Kier alpha value is -2.21. The van der Waals surface area contributed by atoms with E-state index in [9.17, 15) is 4.79 Å². The van der Waals surface area contributed by atoms with Gasteiger partial charge >= 0.3 is 0 Å². The van der Waals surface area contributed by atoms with E-state index < -0.39 is 0 Å². The second kappa shape index (κ2) is 6.12. The molecule has 0 spiro atoms. The van der Waals surface area contributed by atoms with E-state index >= 15 is 0 Å². The fourth-order valence-corrected chi connectivity index (χ4v) is 3.38. The number of anilines is 1. The van der Waals surface area contributed by atoms with Crippen LogP contribution in [0.5, 0.6) is 17.2 Å². The normalized spacial score (nSPS) is 13.0. The van der Waals surface area contributed by atoms with E-state index in [1.54, 1.807) is 32.3 Å². The van der Waals surface area contributed by atoms with E-state index in [0.717, 1.165) is 21.5 Å². The largest absolute Gasteiger partial charge is 0.497 e. The summed E-state index contributed by atoms with van der Waals surface area (Å²) in [7, 11) is 4.74. The van der Waals surface area contributed by atoms with Gasteiger partial charge in [-0.25, -0.2) is 0 Å². The predicted molar refractivity (Wildman–Crippen MR) is 90.8 cm³/mol. The van der Waals surface area contributed by atoms with Gasteiger partial charge in [0.25, 0.3) is 5.91 Å². The van der Waals surface area contributed by atoms with E-state index in [1.807, 2.05) is 24.3 Å². The molecule has 6 heteroatoms. The van der Waals surface area contributed by atoms with Crippen LogP contribution in [0, 0.1) is 0 Å². The standard InChI is InChI=1S/C17H16BrNO4/c1-21-11-6-4-10(5-7-11)19-9-13-12(17(19)20)8-14(22-2)16(23-3)15(13)18/h4-8H,9H2,1-3H3. The lowest BCUT2D eigenvalue weighted by molar-refractivity contribution is 0.0996. The predicted octanol–water partition coefficient (Wildman–Crippen LogP) is 3.64. The van der Waals surface area contributed by atoms with Gasteiger partial charge in [0.1, 0.15) is 5.75 Å². The number of ether oxygens (including phenoxy) is 3. The third-order valence-corrected chi connectivity index (χ3v) is 4.73. The van der Waals surface area contributed by atoms with Crippen LogP contribution >= 0.6 is 15.9 Å². The lowest BCUT2D eigenvalue weighted by atomic mass is 10.1. The first-order chi connectivity index (χ1) is 11.1. The maximum Gasteiger partial charge on any atom is 0.259 e. The molecule has 1 aliphatic heterocycles. The number of amides is 1. The number of hydrogen-bond acceptors (Lipinski definition) is 4. The molecule has 1 amide bonds. The minimum atomic E-state index is -0.0631. The van der Waals surface area contributed by atoms with E-state index in [0.29, 0.717) is 23.6 Å². The van der Waals surface area contributed by atoms with Gasteiger partial charge in [0.2, 0.25) is 0 Å². The van der Waals surface area contributed by atoms with Crippen LogP contribution in [0.4, 0.5) is 5.69 Å². The molecule has 0 saturated heterocycles. The van der Waals surface area contributed by atoms with Crippen molar-refractivity contribution in [3.8, 4) is 17.2 Å². The van der Waals surface area contributed by atoms with Gasteiger partial charge in [-0.2, -0.15) is 0 Å². The zero-order chi connectivity index (χ0) is 16.6. The summed E-state index contributed by atoms with van der Waals surface area (Å²) in [6.45, 7) is 0.474. The highest BCUT2D eigenvalue weighted by Crippen LogP contribution is 2.43. The third kappa shape index (κ3) is 2.53. The fourth-order valence-electron chi connectivity index (χ4n) is 2.68. The summed E-state index contributed by atoms with van der Waals surface area (Å²) in [4.78, 5) is 14.5. The molecule has 23 heavy (non-hydrogen) atoms. The molecule has 120 valence electrons. The molecule has 0 bridgehead atoms. The Balaban J connectivity index is 2.02. The Morgan fingerprint density at radius 3 is 2.30 bits per heavy atom. The average molecular weight is 378 g/mol. The molecule has 0 aromatic heterocycles. The van der Waals surface area contributed by atoms with Crippen molar-refractivity contribution in [2.75, 3.05) is 26.2 Å². The average Bonchev–Trinajstić information content (AvgIpc) is 2.92. The lowest BCUT2D eigenvalue weighted by Crippen LogP contribution is -2.22. The van der Waals surface area contributed by atoms with E-state index in [-0.39, 0.29) is 5.91 Å². The molecule has 0 radical (unpaired) electrons. The Labute approximate surface area is 142 Å². The number of nitrogens with zero attached hydrogens (tertiary/aromatic N) is 1. The summed E-state index contributed by atoms with van der Waals surface area (Å²) in [6.07, 6.45) is 0. The highest BCUT2D eigenvalue weighted by atomic mass is 79.9. The molecule has 0 aliphatic carbocycles. The zero-order valence-electron chi connectivity index (χ0n) is 13.1. The number of benzene rings is 2. The SMILES string of the molecule is COc1ccc(N2Cc3c(cc(OC)c(OC)c3Br)C2=O)cc1. The highest BCUT2D eigenvalue weighted by molar-refractivity contribution is 9.10. The maximum atomic E-state index is 12.7. The molecule has 0 unspecified atom stereocenters. The fraction of sp³-hybridized carbons (Fsp3) is 0.235. The molecule has 0 N–H and O–H groups in total. The summed E-state index contributed by atoms with van der Waals surface area (Å²) in [5, 5.41) is 0. The maximum absolute atomic E-state index is 12.7. The van der Waals surface area contributed by atoms with Gasteiger partial charge in [-0.3, -0.25) is 4.79 Å². The first kappa shape index (κ1) is 15.7. The molecule has 2 aromatic carbocycles. The smallest absolute Gasteiger partial charge is 0.259 e. The van der Waals surface area contributed by atoms with Crippen LogP contribution in [0.3, 0.4) is 0 Å². The Bertz CT molecular complexity index is 758. The van der Waals surface area contributed by atoms with Crippen LogP contribution in [-0.4, -0.2) is 27.2 Å². The molecule has 2 aromatic rings. The Morgan fingerprint density at radius 1 is 1.04 bits per heavy atom. The van der Waals surface area contributed by atoms with Gasteiger partial charge in [-0.15, -0.1) is 0 Å². The number of methoxy groups -OCH3 is 3. The van der Waals surface area contributed by atoms with E-state index in [1.165, 1.54) is 0 Å². The topological polar surface area (TPSA) is 48.0 Å². The van der Waals surface area contributed by atoms with Crippen molar-refractivity contribution in [1.29, 1.82) is 0 Å². The summed E-state index contributed by atoms with van der Waals surface area (Å²) in [5.74, 6) is 1.81. The van der Waals surface area contributed by atoms with Crippen molar-refractivity contribution in [3.63, 3.8) is 0 Å². The van der Waals surface area contributed by atoms with Gasteiger partial charge in [0, 0.05) is 16.8 Å². The second-order valence-corrected chi connectivity index (χ2v) is 5.83. The van der Waals surface area contributed by atoms with Gasteiger partial charge < -0.3 is 19.1 Å². The Morgan fingerprint density at radius 2 is 1.74 bits per heavy atom. The van der Waals surface area contributed by atoms with Gasteiger partial charge in [0.05, 0.1) is 32.3 Å². The first-order valence-corrected chi connectivity index (χ1v) is 7.79. The van der Waals surface area contributed by atoms with Crippen molar-refractivity contribution in [2.24, 2.45) is 0 Å². The van der Waals surface area contributed by atoms with Gasteiger partial charge in [-0.05, 0) is 46.3 Å². The van der Waals surface area contributed by atoms with Crippen LogP contribution in [0.1, 0.15) is 15.9 Å². The molecule has 3 rings (SSSR count).